The van der Waals surface area contributed by atoms with Crippen molar-refractivity contribution in [2.75, 3.05) is 6.61 Å². The number of ether oxygens (including phenoxy) is 1. The molecule has 0 bridgehead atoms. The Kier molecular flexibility index (Phi) is 6.98. The highest BCUT2D eigenvalue weighted by atomic mass is 16.7. The maximum atomic E-state index is 12.3. The van der Waals surface area contributed by atoms with Crippen LogP contribution in [0.15, 0.2) is 60.7 Å². The first-order chi connectivity index (χ1) is 11.7. The summed E-state index contributed by atoms with van der Waals surface area (Å²) >= 11 is 0. The summed E-state index contributed by atoms with van der Waals surface area (Å²) in [4.78, 5) is 29.6. The summed E-state index contributed by atoms with van der Waals surface area (Å²) in [6, 6.07) is 18.8. The number of rotatable bonds is 8. The van der Waals surface area contributed by atoms with Crippen LogP contribution >= 0.6 is 0 Å². The Morgan fingerprint density at radius 1 is 0.958 bits per heavy atom. The third-order valence-corrected chi connectivity index (χ3v) is 3.42. The predicted octanol–water partition coefficient (Wildman–Crippen LogP) is 2.66. The Bertz CT molecular complexity index is 643. The third kappa shape index (κ3) is 5.52. The van der Waals surface area contributed by atoms with Crippen molar-refractivity contribution in [1.82, 2.24) is 5.48 Å². The van der Waals surface area contributed by atoms with Gasteiger partial charge in [-0.05, 0) is 24.5 Å². The van der Waals surface area contributed by atoms with E-state index in [4.69, 9.17) is 9.57 Å². The second-order valence-corrected chi connectivity index (χ2v) is 5.23. The Morgan fingerprint density at radius 2 is 1.54 bits per heavy atom. The highest BCUT2D eigenvalue weighted by Gasteiger charge is 2.28. The van der Waals surface area contributed by atoms with Gasteiger partial charge in [-0.15, -0.1) is 0 Å². The van der Waals surface area contributed by atoms with Crippen molar-refractivity contribution in [2.45, 2.75) is 20.0 Å². The highest BCUT2D eigenvalue weighted by Crippen LogP contribution is 2.11. The first-order valence-corrected chi connectivity index (χ1v) is 7.87. The monoisotopic (exact) mass is 327 g/mol. The van der Waals surface area contributed by atoms with E-state index in [0.717, 1.165) is 11.1 Å². The molecule has 0 spiro atoms. The lowest BCUT2D eigenvalue weighted by molar-refractivity contribution is -0.156. The molecular formula is C19H21NO4. The largest absolute Gasteiger partial charge is 0.465 e. The molecule has 0 aliphatic carbocycles. The van der Waals surface area contributed by atoms with Gasteiger partial charge in [0.1, 0.15) is 5.92 Å². The molecule has 0 aliphatic heterocycles. The molecule has 0 aromatic heterocycles. The molecule has 0 heterocycles. The second kappa shape index (κ2) is 9.47. The molecule has 0 saturated carbocycles. The third-order valence-electron chi connectivity index (χ3n) is 3.42. The molecule has 1 amide bonds. The molecule has 2 aromatic rings. The minimum absolute atomic E-state index is 0.224. The van der Waals surface area contributed by atoms with Crippen LogP contribution in [0.1, 0.15) is 18.1 Å². The van der Waals surface area contributed by atoms with E-state index in [2.05, 4.69) is 5.48 Å². The minimum atomic E-state index is -0.942. The predicted molar refractivity (Wildman–Crippen MR) is 89.6 cm³/mol. The zero-order chi connectivity index (χ0) is 17.2. The summed E-state index contributed by atoms with van der Waals surface area (Å²) < 4.78 is 5.01. The van der Waals surface area contributed by atoms with Gasteiger partial charge < -0.3 is 4.74 Å². The molecule has 126 valence electrons. The molecule has 5 heteroatoms. The van der Waals surface area contributed by atoms with Crippen molar-refractivity contribution >= 4 is 11.9 Å². The van der Waals surface area contributed by atoms with Gasteiger partial charge in [-0.2, -0.15) is 0 Å². The molecule has 0 fully saturated rings. The average Bonchev–Trinajstić information content (AvgIpc) is 2.61. The first kappa shape index (κ1) is 17.7. The number of hydrogen-bond acceptors (Lipinski definition) is 4. The Balaban J connectivity index is 1.94. The van der Waals surface area contributed by atoms with E-state index < -0.39 is 17.8 Å². The molecule has 0 aliphatic rings. The molecule has 0 radical (unpaired) electrons. The number of amides is 1. The summed E-state index contributed by atoms with van der Waals surface area (Å²) in [6.07, 6.45) is 0.264. The van der Waals surface area contributed by atoms with Gasteiger partial charge in [-0.1, -0.05) is 60.7 Å². The molecule has 2 aromatic carbocycles. The van der Waals surface area contributed by atoms with Crippen LogP contribution < -0.4 is 5.48 Å². The van der Waals surface area contributed by atoms with Crippen LogP contribution in [-0.2, 0) is 32.2 Å². The fourth-order valence-corrected chi connectivity index (χ4v) is 2.21. The molecular weight excluding hydrogens is 306 g/mol. The Hall–Kier alpha value is -2.66. The lowest BCUT2D eigenvalue weighted by Gasteiger charge is -2.15. The molecule has 0 unspecified atom stereocenters. The summed E-state index contributed by atoms with van der Waals surface area (Å²) in [6.45, 7) is 2.16. The lowest BCUT2D eigenvalue weighted by atomic mass is 9.99. The van der Waals surface area contributed by atoms with Crippen molar-refractivity contribution in [3.05, 3.63) is 71.8 Å². The first-order valence-electron chi connectivity index (χ1n) is 7.87. The van der Waals surface area contributed by atoms with Gasteiger partial charge in [0.15, 0.2) is 0 Å². The van der Waals surface area contributed by atoms with Crippen molar-refractivity contribution < 1.29 is 19.2 Å². The lowest BCUT2D eigenvalue weighted by Crippen LogP contribution is -2.37. The molecule has 0 saturated heterocycles. The highest BCUT2D eigenvalue weighted by molar-refractivity contribution is 5.97. The maximum Gasteiger partial charge on any atom is 0.318 e. The normalized spacial score (nSPS) is 11.5. The van der Waals surface area contributed by atoms with Crippen molar-refractivity contribution in [1.29, 1.82) is 0 Å². The summed E-state index contributed by atoms with van der Waals surface area (Å²) in [7, 11) is 0. The number of benzene rings is 2. The van der Waals surface area contributed by atoms with Crippen molar-refractivity contribution in [3.63, 3.8) is 0 Å². The van der Waals surface area contributed by atoms with E-state index in [9.17, 15) is 9.59 Å². The summed E-state index contributed by atoms with van der Waals surface area (Å²) in [5.41, 5.74) is 4.16. The van der Waals surface area contributed by atoms with Crippen LogP contribution in [-0.4, -0.2) is 18.5 Å². The Labute approximate surface area is 141 Å². The van der Waals surface area contributed by atoms with E-state index in [1.807, 2.05) is 60.7 Å². The van der Waals surface area contributed by atoms with E-state index in [1.165, 1.54) is 0 Å². The van der Waals surface area contributed by atoms with E-state index in [0.29, 0.717) is 0 Å². The maximum absolute atomic E-state index is 12.3. The van der Waals surface area contributed by atoms with Crippen LogP contribution in [0.2, 0.25) is 0 Å². The number of hydrogen-bond donors (Lipinski definition) is 1. The molecule has 1 N–H and O–H groups in total. The van der Waals surface area contributed by atoms with Crippen molar-refractivity contribution in [3.8, 4) is 0 Å². The van der Waals surface area contributed by atoms with Gasteiger partial charge in [0.2, 0.25) is 0 Å². The van der Waals surface area contributed by atoms with Gasteiger partial charge in [0.05, 0.1) is 13.2 Å². The van der Waals surface area contributed by atoms with Crippen molar-refractivity contribution in [2.24, 2.45) is 5.92 Å². The van der Waals surface area contributed by atoms with Crippen LogP contribution in [0.3, 0.4) is 0 Å². The number of hydroxylamine groups is 1. The van der Waals surface area contributed by atoms with E-state index in [-0.39, 0.29) is 19.6 Å². The smallest absolute Gasteiger partial charge is 0.318 e. The van der Waals surface area contributed by atoms with Crippen LogP contribution in [0.5, 0.6) is 0 Å². The number of esters is 1. The van der Waals surface area contributed by atoms with Gasteiger partial charge >= 0.3 is 5.97 Å². The quantitative estimate of drug-likeness (QED) is 0.460. The minimum Gasteiger partial charge on any atom is -0.465 e. The van der Waals surface area contributed by atoms with Gasteiger partial charge in [0, 0.05) is 0 Å². The fraction of sp³-hybridized carbons (Fsp3) is 0.263. The standard InChI is InChI=1S/C19H21NO4/c1-2-23-19(22)17(13-15-9-5-3-6-10-15)18(21)20-24-14-16-11-7-4-8-12-16/h3-12,17H,2,13-14H2,1H3,(H,20,21)/t17-/m0/s1. The zero-order valence-electron chi connectivity index (χ0n) is 13.6. The van der Waals surface area contributed by atoms with Gasteiger partial charge in [-0.25, -0.2) is 5.48 Å². The fourth-order valence-electron chi connectivity index (χ4n) is 2.21. The number of nitrogens with one attached hydrogen (secondary N) is 1. The number of carbonyl (C=O) groups excluding carboxylic acids is 2. The SMILES string of the molecule is CCOC(=O)[C@@H](Cc1ccccc1)C(=O)NOCc1ccccc1. The zero-order valence-corrected chi connectivity index (χ0v) is 13.6. The van der Waals surface area contributed by atoms with Crippen LogP contribution in [0, 0.1) is 5.92 Å². The molecule has 24 heavy (non-hydrogen) atoms. The van der Waals surface area contributed by atoms with E-state index >= 15 is 0 Å². The Morgan fingerprint density at radius 3 is 2.12 bits per heavy atom. The topological polar surface area (TPSA) is 64.6 Å². The van der Waals surface area contributed by atoms with Crippen LogP contribution in [0.4, 0.5) is 0 Å². The summed E-state index contributed by atoms with van der Waals surface area (Å²) in [5, 5.41) is 0. The average molecular weight is 327 g/mol. The second-order valence-electron chi connectivity index (χ2n) is 5.23. The molecule has 2 rings (SSSR count). The van der Waals surface area contributed by atoms with Gasteiger partial charge in [-0.3, -0.25) is 14.4 Å². The van der Waals surface area contributed by atoms with Crippen LogP contribution in [0.25, 0.3) is 0 Å². The molecule has 1 atom stereocenters. The summed E-state index contributed by atoms with van der Waals surface area (Å²) in [5.74, 6) is -2.00. The van der Waals surface area contributed by atoms with Gasteiger partial charge in [0.25, 0.3) is 5.91 Å². The number of carbonyl (C=O) groups is 2. The molecule has 5 nitrogen and oxygen atoms in total. The van der Waals surface area contributed by atoms with E-state index in [1.54, 1.807) is 6.92 Å².